The number of hydrogen-bond donors (Lipinski definition) is 1. The van der Waals surface area contributed by atoms with Crippen LogP contribution in [0.25, 0.3) is 0 Å². The molecular formula is C13H23F3N2O2. The fourth-order valence-electron chi connectivity index (χ4n) is 2.52. The zero-order valence-corrected chi connectivity index (χ0v) is 12.4. The van der Waals surface area contributed by atoms with E-state index in [9.17, 15) is 18.0 Å². The molecule has 1 aliphatic heterocycles. The van der Waals surface area contributed by atoms with Crippen molar-refractivity contribution in [2.24, 2.45) is 5.92 Å². The summed E-state index contributed by atoms with van der Waals surface area (Å²) < 4.78 is 44.2. The number of halogens is 3. The van der Waals surface area contributed by atoms with Gasteiger partial charge < -0.3 is 10.1 Å². The summed E-state index contributed by atoms with van der Waals surface area (Å²) in [7, 11) is 1.47. The SMILES string of the molecule is CN1CCC[C@@H](CNC(=O)OC(C)(C)C)[C@@H]1C(F)(F)F. The number of likely N-dealkylation sites (tertiary alicyclic amines) is 1. The van der Waals surface area contributed by atoms with E-state index in [1.165, 1.54) is 11.9 Å². The van der Waals surface area contributed by atoms with Crippen LogP contribution in [0, 0.1) is 5.92 Å². The third-order valence-corrected chi connectivity index (χ3v) is 3.25. The van der Waals surface area contributed by atoms with Crippen LogP contribution in [0.15, 0.2) is 0 Å². The summed E-state index contributed by atoms with van der Waals surface area (Å²) in [6, 6.07) is -1.51. The number of alkyl halides is 3. The summed E-state index contributed by atoms with van der Waals surface area (Å²) in [6.45, 7) is 5.52. The van der Waals surface area contributed by atoms with Crippen molar-refractivity contribution in [1.82, 2.24) is 10.2 Å². The van der Waals surface area contributed by atoms with Gasteiger partial charge in [0.2, 0.25) is 0 Å². The molecule has 0 aliphatic carbocycles. The van der Waals surface area contributed by atoms with E-state index in [4.69, 9.17) is 4.74 Å². The number of nitrogens with one attached hydrogen (secondary N) is 1. The minimum Gasteiger partial charge on any atom is -0.444 e. The lowest BCUT2D eigenvalue weighted by atomic mass is 9.89. The Balaban J connectivity index is 2.58. The van der Waals surface area contributed by atoms with E-state index in [0.717, 1.165) is 0 Å². The van der Waals surface area contributed by atoms with Gasteiger partial charge in [0.05, 0.1) is 0 Å². The van der Waals surface area contributed by atoms with Crippen LogP contribution in [-0.2, 0) is 4.74 Å². The minimum absolute atomic E-state index is 0.0244. The van der Waals surface area contributed by atoms with Crippen molar-refractivity contribution in [3.8, 4) is 0 Å². The van der Waals surface area contributed by atoms with Gasteiger partial charge in [-0.3, -0.25) is 4.90 Å². The number of ether oxygens (including phenoxy) is 1. The molecule has 0 radical (unpaired) electrons. The lowest BCUT2D eigenvalue weighted by Crippen LogP contribution is -2.54. The molecule has 118 valence electrons. The molecule has 1 N–H and O–H groups in total. The third-order valence-electron chi connectivity index (χ3n) is 3.25. The van der Waals surface area contributed by atoms with Crippen LogP contribution < -0.4 is 5.32 Å². The van der Waals surface area contributed by atoms with Crippen molar-refractivity contribution in [1.29, 1.82) is 0 Å². The number of hydrogen-bond acceptors (Lipinski definition) is 3. The lowest BCUT2D eigenvalue weighted by molar-refractivity contribution is -0.200. The van der Waals surface area contributed by atoms with E-state index < -0.39 is 29.8 Å². The molecule has 0 saturated carbocycles. The van der Waals surface area contributed by atoms with Crippen molar-refractivity contribution in [2.75, 3.05) is 20.1 Å². The average molecular weight is 296 g/mol. The predicted molar refractivity (Wildman–Crippen MR) is 69.4 cm³/mol. The molecule has 0 spiro atoms. The maximum Gasteiger partial charge on any atom is 0.407 e. The molecule has 7 heteroatoms. The molecule has 0 bridgehead atoms. The standard InChI is InChI=1S/C13H23F3N2O2/c1-12(2,3)20-11(19)17-8-9-6-5-7-18(4)10(9)13(14,15)16/h9-10H,5-8H2,1-4H3,(H,17,19)/t9-,10+/m0/s1. The van der Waals surface area contributed by atoms with Crippen molar-refractivity contribution >= 4 is 6.09 Å². The number of alkyl carbamates (subject to hydrolysis) is 1. The van der Waals surface area contributed by atoms with Crippen LogP contribution in [0.2, 0.25) is 0 Å². The highest BCUT2D eigenvalue weighted by Gasteiger charge is 2.48. The smallest absolute Gasteiger partial charge is 0.407 e. The molecule has 0 aromatic heterocycles. The van der Waals surface area contributed by atoms with Gasteiger partial charge in [-0.1, -0.05) is 0 Å². The van der Waals surface area contributed by atoms with Crippen LogP contribution >= 0.6 is 0 Å². The number of carbonyl (C=O) groups excluding carboxylic acids is 1. The molecule has 1 heterocycles. The van der Waals surface area contributed by atoms with E-state index in [1.54, 1.807) is 20.8 Å². The summed E-state index contributed by atoms with van der Waals surface area (Å²) in [5, 5.41) is 2.44. The Morgan fingerprint density at radius 2 is 1.95 bits per heavy atom. The van der Waals surface area contributed by atoms with E-state index in [1.807, 2.05) is 0 Å². The minimum atomic E-state index is -4.28. The molecule has 1 rings (SSSR count). The van der Waals surface area contributed by atoms with Gasteiger partial charge in [0.15, 0.2) is 0 Å². The maximum atomic E-state index is 13.1. The topological polar surface area (TPSA) is 41.6 Å². The lowest BCUT2D eigenvalue weighted by Gasteiger charge is -2.40. The molecule has 1 amide bonds. The highest BCUT2D eigenvalue weighted by Crippen LogP contribution is 2.34. The molecule has 2 atom stereocenters. The Morgan fingerprint density at radius 1 is 1.35 bits per heavy atom. The normalized spacial score (nSPS) is 25.4. The summed E-state index contributed by atoms with van der Waals surface area (Å²) in [6.07, 6.45) is -3.81. The molecule has 0 unspecified atom stereocenters. The highest BCUT2D eigenvalue weighted by atomic mass is 19.4. The van der Waals surface area contributed by atoms with Gasteiger partial charge in [-0.05, 0) is 47.2 Å². The number of piperidine rings is 1. The summed E-state index contributed by atoms with van der Waals surface area (Å²) in [5.41, 5.74) is -0.656. The molecular weight excluding hydrogens is 273 g/mol. The monoisotopic (exact) mass is 296 g/mol. The summed E-state index contributed by atoms with van der Waals surface area (Å²) >= 11 is 0. The first-order valence-electron chi connectivity index (χ1n) is 6.74. The van der Waals surface area contributed by atoms with Crippen LogP contribution in [0.5, 0.6) is 0 Å². The number of amides is 1. The maximum absolute atomic E-state index is 13.1. The van der Waals surface area contributed by atoms with Gasteiger partial charge in [-0.2, -0.15) is 13.2 Å². The summed E-state index contributed by atoms with van der Waals surface area (Å²) in [4.78, 5) is 12.8. The number of carbonyl (C=O) groups is 1. The van der Waals surface area contributed by atoms with E-state index in [-0.39, 0.29) is 6.54 Å². The second kappa shape index (κ2) is 6.20. The van der Waals surface area contributed by atoms with Crippen molar-refractivity contribution < 1.29 is 22.7 Å². The molecule has 0 aromatic rings. The largest absolute Gasteiger partial charge is 0.444 e. The van der Waals surface area contributed by atoms with E-state index in [0.29, 0.717) is 19.4 Å². The zero-order chi connectivity index (χ0) is 15.6. The van der Waals surface area contributed by atoms with Gasteiger partial charge in [0.25, 0.3) is 0 Å². The van der Waals surface area contributed by atoms with Crippen LogP contribution in [0.4, 0.5) is 18.0 Å². The summed E-state index contributed by atoms with van der Waals surface area (Å²) in [5.74, 6) is -0.638. The average Bonchev–Trinajstić information content (AvgIpc) is 2.22. The third kappa shape index (κ3) is 5.19. The Labute approximate surface area is 117 Å². The van der Waals surface area contributed by atoms with Crippen molar-refractivity contribution in [3.05, 3.63) is 0 Å². The second-order valence-electron chi connectivity index (χ2n) is 6.25. The Morgan fingerprint density at radius 3 is 2.45 bits per heavy atom. The predicted octanol–water partition coefficient (Wildman–Crippen LogP) is 2.78. The van der Waals surface area contributed by atoms with Crippen LogP contribution in [-0.4, -0.2) is 48.9 Å². The first kappa shape index (κ1) is 17.1. The van der Waals surface area contributed by atoms with E-state index >= 15 is 0 Å². The molecule has 1 fully saturated rings. The van der Waals surface area contributed by atoms with Crippen molar-refractivity contribution in [3.63, 3.8) is 0 Å². The molecule has 20 heavy (non-hydrogen) atoms. The van der Waals surface area contributed by atoms with E-state index in [2.05, 4.69) is 5.32 Å². The van der Waals surface area contributed by atoms with Crippen LogP contribution in [0.3, 0.4) is 0 Å². The number of rotatable bonds is 2. The number of nitrogens with zero attached hydrogens (tertiary/aromatic N) is 1. The van der Waals surface area contributed by atoms with Gasteiger partial charge >= 0.3 is 12.3 Å². The van der Waals surface area contributed by atoms with Gasteiger partial charge in [0, 0.05) is 12.5 Å². The second-order valence-corrected chi connectivity index (χ2v) is 6.25. The van der Waals surface area contributed by atoms with Gasteiger partial charge in [-0.15, -0.1) is 0 Å². The Hall–Kier alpha value is -0.980. The highest BCUT2D eigenvalue weighted by molar-refractivity contribution is 5.67. The molecule has 1 saturated heterocycles. The molecule has 4 nitrogen and oxygen atoms in total. The molecule has 0 aromatic carbocycles. The Bertz CT molecular complexity index is 339. The van der Waals surface area contributed by atoms with Crippen LogP contribution in [0.1, 0.15) is 33.6 Å². The zero-order valence-electron chi connectivity index (χ0n) is 12.4. The fourth-order valence-corrected chi connectivity index (χ4v) is 2.52. The molecule has 1 aliphatic rings. The first-order chi connectivity index (χ1) is 9.00. The first-order valence-corrected chi connectivity index (χ1v) is 6.74. The Kier molecular flexibility index (Phi) is 5.29. The van der Waals surface area contributed by atoms with Crippen molar-refractivity contribution in [2.45, 2.75) is 51.4 Å². The van der Waals surface area contributed by atoms with Gasteiger partial charge in [-0.25, -0.2) is 4.79 Å². The van der Waals surface area contributed by atoms with Gasteiger partial charge in [0.1, 0.15) is 11.6 Å². The quantitative estimate of drug-likeness (QED) is 0.852. The fraction of sp³-hybridized carbons (Fsp3) is 0.923.